The van der Waals surface area contributed by atoms with E-state index in [1.54, 1.807) is 0 Å². The van der Waals surface area contributed by atoms with Gasteiger partial charge in [0, 0.05) is 9.64 Å². The lowest BCUT2D eigenvalue weighted by Crippen LogP contribution is -2.12. The Morgan fingerprint density at radius 3 is 2.48 bits per heavy atom. The molecular formula is C14H13IN2O5S. The quantitative estimate of drug-likeness (QED) is 0.416. The zero-order valence-corrected chi connectivity index (χ0v) is 15.0. The number of nitrogens with zero attached hydrogens (tertiary/aromatic N) is 1. The van der Waals surface area contributed by atoms with Gasteiger partial charge in [-0.2, -0.15) is 0 Å². The Balaban J connectivity index is 2.38. The van der Waals surface area contributed by atoms with Crippen molar-refractivity contribution in [2.75, 3.05) is 11.0 Å². The molecule has 0 saturated carbocycles. The van der Waals surface area contributed by atoms with Crippen LogP contribution in [0.4, 0.5) is 11.4 Å². The number of halogens is 1. The third-order valence-electron chi connectivity index (χ3n) is 2.77. The zero-order valence-electron chi connectivity index (χ0n) is 12.0. The van der Waals surface area contributed by atoms with E-state index in [0.29, 0.717) is 3.57 Å². The number of nitrogens with one attached hydrogen (secondary N) is 1. The third-order valence-corrected chi connectivity index (χ3v) is 4.20. The molecule has 2 aromatic carbocycles. The van der Waals surface area contributed by atoms with E-state index < -0.39 is 14.9 Å². The average molecular weight is 448 g/mol. The van der Waals surface area contributed by atoms with Crippen LogP contribution in [0.15, 0.2) is 42.5 Å². The van der Waals surface area contributed by atoms with E-state index >= 15 is 0 Å². The Morgan fingerprint density at radius 2 is 1.91 bits per heavy atom. The van der Waals surface area contributed by atoms with Crippen LogP contribution >= 0.6 is 22.6 Å². The Labute approximate surface area is 147 Å². The van der Waals surface area contributed by atoms with Crippen molar-refractivity contribution in [1.29, 1.82) is 0 Å². The molecule has 9 heteroatoms. The lowest BCUT2D eigenvalue weighted by Gasteiger charge is -2.14. The van der Waals surface area contributed by atoms with Crippen LogP contribution in [0.25, 0.3) is 0 Å². The molecule has 0 aliphatic carbocycles. The predicted octanol–water partition coefficient (Wildman–Crippen LogP) is 3.15. The minimum absolute atomic E-state index is 0.109. The topological polar surface area (TPSA) is 98.5 Å². The molecule has 0 aliphatic rings. The van der Waals surface area contributed by atoms with Crippen LogP contribution in [0.2, 0.25) is 0 Å². The zero-order chi connectivity index (χ0) is 17.0. The number of benzene rings is 2. The van der Waals surface area contributed by atoms with Crippen LogP contribution < -0.4 is 9.46 Å². The fourth-order valence-corrected chi connectivity index (χ4v) is 3.29. The van der Waals surface area contributed by atoms with Crippen molar-refractivity contribution < 1.29 is 18.1 Å². The number of sulfonamides is 1. The van der Waals surface area contributed by atoms with Gasteiger partial charge in [-0.1, -0.05) is 30.3 Å². The molecular weight excluding hydrogens is 435 g/mol. The van der Waals surface area contributed by atoms with Gasteiger partial charge in [-0.3, -0.25) is 14.8 Å². The summed E-state index contributed by atoms with van der Waals surface area (Å²) in [6.07, 6.45) is 1.01. The van der Waals surface area contributed by atoms with Gasteiger partial charge in [-0.25, -0.2) is 8.42 Å². The Kier molecular flexibility index (Phi) is 5.42. The summed E-state index contributed by atoms with van der Waals surface area (Å²) >= 11 is 1.83. The third kappa shape index (κ3) is 5.06. The number of anilines is 1. The van der Waals surface area contributed by atoms with Gasteiger partial charge < -0.3 is 4.74 Å². The summed E-state index contributed by atoms with van der Waals surface area (Å²) in [5.41, 5.74) is 0.880. The highest BCUT2D eigenvalue weighted by atomic mass is 127. The van der Waals surface area contributed by atoms with E-state index in [1.165, 1.54) is 12.1 Å². The molecule has 0 radical (unpaired) electrons. The second-order valence-electron chi connectivity index (χ2n) is 4.71. The van der Waals surface area contributed by atoms with Gasteiger partial charge in [0.15, 0.2) is 5.75 Å². The molecule has 0 spiro atoms. The second kappa shape index (κ2) is 7.13. The summed E-state index contributed by atoms with van der Waals surface area (Å²) in [7, 11) is -3.54. The number of nitro groups is 1. The summed E-state index contributed by atoms with van der Waals surface area (Å²) in [5.74, 6) is 0.109. The molecule has 0 atom stereocenters. The van der Waals surface area contributed by atoms with Crippen molar-refractivity contribution in [2.45, 2.75) is 6.61 Å². The highest BCUT2D eigenvalue weighted by molar-refractivity contribution is 14.1. The second-order valence-corrected chi connectivity index (χ2v) is 7.62. The maximum atomic E-state index is 11.5. The molecule has 0 aromatic heterocycles. The standard InChI is InChI=1S/C14H13IN2O5S/c1-23(20,21)16-14-12(15)7-11(17(18)19)8-13(14)22-9-10-5-3-2-4-6-10/h2-8,16H,9H2,1H3. The van der Waals surface area contributed by atoms with E-state index in [9.17, 15) is 18.5 Å². The molecule has 2 aromatic rings. The maximum absolute atomic E-state index is 11.5. The number of hydrogen-bond acceptors (Lipinski definition) is 5. The van der Waals surface area contributed by atoms with Crippen molar-refractivity contribution in [3.05, 3.63) is 61.7 Å². The predicted molar refractivity (Wildman–Crippen MR) is 95.1 cm³/mol. The van der Waals surface area contributed by atoms with E-state index in [1.807, 2.05) is 52.9 Å². The van der Waals surface area contributed by atoms with E-state index in [-0.39, 0.29) is 23.7 Å². The lowest BCUT2D eigenvalue weighted by atomic mass is 10.2. The number of ether oxygens (including phenoxy) is 1. The summed E-state index contributed by atoms with van der Waals surface area (Å²) < 4.78 is 31.3. The summed E-state index contributed by atoms with van der Waals surface area (Å²) in [6, 6.07) is 11.7. The van der Waals surface area contributed by atoms with Gasteiger partial charge >= 0.3 is 0 Å². The molecule has 7 nitrogen and oxygen atoms in total. The minimum Gasteiger partial charge on any atom is -0.486 e. The van der Waals surface area contributed by atoms with Gasteiger partial charge in [0.05, 0.1) is 17.2 Å². The smallest absolute Gasteiger partial charge is 0.274 e. The number of rotatable bonds is 6. The lowest BCUT2D eigenvalue weighted by molar-refractivity contribution is -0.385. The van der Waals surface area contributed by atoms with E-state index in [0.717, 1.165) is 11.8 Å². The van der Waals surface area contributed by atoms with Crippen molar-refractivity contribution in [2.24, 2.45) is 0 Å². The molecule has 2 rings (SSSR count). The number of non-ortho nitro benzene ring substituents is 1. The van der Waals surface area contributed by atoms with Crippen molar-refractivity contribution in [3.63, 3.8) is 0 Å². The molecule has 0 amide bonds. The molecule has 0 aliphatic heterocycles. The minimum atomic E-state index is -3.54. The van der Waals surface area contributed by atoms with Crippen LogP contribution in [0.1, 0.15) is 5.56 Å². The molecule has 0 unspecified atom stereocenters. The van der Waals surface area contributed by atoms with E-state index in [2.05, 4.69) is 4.72 Å². The highest BCUT2D eigenvalue weighted by Gasteiger charge is 2.19. The Morgan fingerprint density at radius 1 is 1.26 bits per heavy atom. The SMILES string of the molecule is CS(=O)(=O)Nc1c(I)cc([N+](=O)[O-])cc1OCc1ccccc1. The van der Waals surface area contributed by atoms with Crippen LogP contribution in [-0.4, -0.2) is 19.6 Å². The largest absolute Gasteiger partial charge is 0.486 e. The molecule has 1 N–H and O–H groups in total. The van der Waals surface area contributed by atoms with Crippen molar-refractivity contribution in [1.82, 2.24) is 0 Å². The van der Waals surface area contributed by atoms with Crippen molar-refractivity contribution in [3.8, 4) is 5.75 Å². The summed E-state index contributed by atoms with van der Waals surface area (Å²) in [6.45, 7) is 0.163. The first-order valence-electron chi connectivity index (χ1n) is 6.39. The first-order chi connectivity index (χ1) is 10.8. The van der Waals surface area contributed by atoms with Gasteiger partial charge in [0.25, 0.3) is 5.69 Å². The fourth-order valence-electron chi connectivity index (χ4n) is 1.81. The van der Waals surface area contributed by atoms with E-state index in [4.69, 9.17) is 4.74 Å². The van der Waals surface area contributed by atoms with Gasteiger partial charge in [-0.05, 0) is 28.2 Å². The van der Waals surface area contributed by atoms with Gasteiger partial charge in [0.1, 0.15) is 12.3 Å². The molecule has 0 bridgehead atoms. The van der Waals surface area contributed by atoms with Gasteiger partial charge in [-0.15, -0.1) is 0 Å². The summed E-state index contributed by atoms with van der Waals surface area (Å²) in [5, 5.41) is 11.0. The van der Waals surface area contributed by atoms with Gasteiger partial charge in [0.2, 0.25) is 10.0 Å². The molecule has 122 valence electrons. The molecule has 0 heterocycles. The monoisotopic (exact) mass is 448 g/mol. The molecule has 0 saturated heterocycles. The number of nitro benzene ring substituents is 1. The average Bonchev–Trinajstić information content (AvgIpc) is 2.47. The fraction of sp³-hybridized carbons (Fsp3) is 0.143. The Hall–Kier alpha value is -1.88. The number of hydrogen-bond donors (Lipinski definition) is 1. The molecule has 23 heavy (non-hydrogen) atoms. The Bertz CT molecular complexity index is 825. The first kappa shape index (κ1) is 17.5. The van der Waals surface area contributed by atoms with Crippen LogP contribution in [0.3, 0.4) is 0 Å². The van der Waals surface area contributed by atoms with Crippen LogP contribution in [-0.2, 0) is 16.6 Å². The summed E-state index contributed by atoms with van der Waals surface area (Å²) in [4.78, 5) is 10.4. The highest BCUT2D eigenvalue weighted by Crippen LogP contribution is 2.35. The molecule has 0 fully saturated rings. The first-order valence-corrected chi connectivity index (χ1v) is 9.36. The van der Waals surface area contributed by atoms with Crippen molar-refractivity contribution >= 4 is 44.0 Å². The normalized spacial score (nSPS) is 11.0. The van der Waals surface area contributed by atoms with Crippen LogP contribution in [0.5, 0.6) is 5.75 Å². The van der Waals surface area contributed by atoms with Crippen LogP contribution in [0, 0.1) is 13.7 Å². The maximum Gasteiger partial charge on any atom is 0.274 e.